The van der Waals surface area contributed by atoms with E-state index in [4.69, 9.17) is 0 Å². The maximum atomic E-state index is 12.1. The van der Waals surface area contributed by atoms with Crippen molar-refractivity contribution in [2.45, 2.75) is 13.3 Å². The highest BCUT2D eigenvalue weighted by molar-refractivity contribution is 5.93. The number of aromatic nitrogens is 4. The number of carbonyl (C=O) groups excluding carboxylic acids is 1. The van der Waals surface area contributed by atoms with Crippen LogP contribution in [0.5, 0.6) is 0 Å². The van der Waals surface area contributed by atoms with Crippen LogP contribution < -0.4 is 10.6 Å². The predicted octanol–water partition coefficient (Wildman–Crippen LogP) is 0.941. The first-order valence-corrected chi connectivity index (χ1v) is 6.59. The van der Waals surface area contributed by atoms with Crippen LogP contribution in [0.4, 0.5) is 5.69 Å². The number of carbonyl (C=O) groups is 1. The Bertz CT molecular complexity index is 609. The van der Waals surface area contributed by atoms with E-state index in [0.29, 0.717) is 0 Å². The number of tetrazole rings is 1. The lowest BCUT2D eigenvalue weighted by Gasteiger charge is -2.12. The molecule has 2 heterocycles. The highest BCUT2D eigenvalue weighted by Gasteiger charge is 2.22. The molecular formula is C13H17ClN6O. The maximum absolute atomic E-state index is 12.1. The summed E-state index contributed by atoms with van der Waals surface area (Å²) in [5.74, 6) is 0.106. The molecule has 2 N–H and O–H groups in total. The Balaban J connectivity index is 0.00000161. The third-order valence-electron chi connectivity index (χ3n) is 3.50. The number of nitrogens with one attached hydrogen (secondary N) is 2. The molecule has 3 rings (SSSR count). The van der Waals surface area contributed by atoms with Gasteiger partial charge in [0, 0.05) is 12.2 Å². The minimum Gasteiger partial charge on any atom is -0.326 e. The van der Waals surface area contributed by atoms with Crippen molar-refractivity contribution < 1.29 is 4.79 Å². The van der Waals surface area contributed by atoms with Crippen molar-refractivity contribution in [3.05, 3.63) is 30.1 Å². The molecule has 21 heavy (non-hydrogen) atoms. The SMILES string of the molecule is Cc1ccc(NC(=O)C2CCNC2)cc1-n1cnnn1.Cl. The van der Waals surface area contributed by atoms with E-state index in [2.05, 4.69) is 26.2 Å². The van der Waals surface area contributed by atoms with Gasteiger partial charge >= 0.3 is 0 Å². The zero-order valence-corrected chi connectivity index (χ0v) is 12.4. The van der Waals surface area contributed by atoms with Crippen molar-refractivity contribution in [3.63, 3.8) is 0 Å². The summed E-state index contributed by atoms with van der Waals surface area (Å²) < 4.78 is 1.59. The number of benzene rings is 1. The Labute approximate surface area is 128 Å². The summed E-state index contributed by atoms with van der Waals surface area (Å²) in [6.45, 7) is 3.63. The average Bonchev–Trinajstić information content (AvgIpc) is 3.14. The summed E-state index contributed by atoms with van der Waals surface area (Å²) in [6, 6.07) is 5.72. The van der Waals surface area contributed by atoms with E-state index in [1.165, 1.54) is 6.33 Å². The lowest BCUT2D eigenvalue weighted by molar-refractivity contribution is -0.119. The third kappa shape index (κ3) is 3.37. The minimum absolute atomic E-state index is 0. The van der Waals surface area contributed by atoms with Crippen molar-refractivity contribution in [2.75, 3.05) is 18.4 Å². The van der Waals surface area contributed by atoms with E-state index < -0.39 is 0 Å². The zero-order chi connectivity index (χ0) is 13.9. The minimum atomic E-state index is 0. The summed E-state index contributed by atoms with van der Waals surface area (Å²) in [5, 5.41) is 17.3. The monoisotopic (exact) mass is 308 g/mol. The first kappa shape index (κ1) is 15.4. The van der Waals surface area contributed by atoms with Crippen LogP contribution in [-0.4, -0.2) is 39.2 Å². The number of nitrogens with zero attached hydrogens (tertiary/aromatic N) is 4. The molecule has 1 aliphatic heterocycles. The van der Waals surface area contributed by atoms with Gasteiger partial charge in [-0.25, -0.2) is 4.68 Å². The second kappa shape index (κ2) is 6.64. The number of amides is 1. The second-order valence-corrected chi connectivity index (χ2v) is 4.93. The van der Waals surface area contributed by atoms with Crippen molar-refractivity contribution in [3.8, 4) is 5.69 Å². The van der Waals surface area contributed by atoms with Gasteiger partial charge in [0.1, 0.15) is 6.33 Å². The topological polar surface area (TPSA) is 84.7 Å². The van der Waals surface area contributed by atoms with Gasteiger partial charge in [-0.3, -0.25) is 4.79 Å². The van der Waals surface area contributed by atoms with Crippen LogP contribution >= 0.6 is 12.4 Å². The molecule has 7 nitrogen and oxygen atoms in total. The number of aryl methyl sites for hydroxylation is 1. The molecule has 1 unspecified atom stereocenters. The Kier molecular flexibility index (Phi) is 4.87. The van der Waals surface area contributed by atoms with E-state index in [1.807, 2.05) is 25.1 Å². The molecule has 8 heteroatoms. The van der Waals surface area contributed by atoms with Crippen molar-refractivity contribution in [1.82, 2.24) is 25.5 Å². The Hall–Kier alpha value is -1.99. The first-order valence-electron chi connectivity index (χ1n) is 6.59. The van der Waals surface area contributed by atoms with Crippen molar-refractivity contribution in [1.29, 1.82) is 0 Å². The van der Waals surface area contributed by atoms with Gasteiger partial charge in [0.05, 0.1) is 11.6 Å². The van der Waals surface area contributed by atoms with Gasteiger partial charge in [-0.15, -0.1) is 17.5 Å². The van der Waals surface area contributed by atoms with E-state index >= 15 is 0 Å². The lowest BCUT2D eigenvalue weighted by Crippen LogP contribution is -2.24. The Morgan fingerprint density at radius 2 is 2.33 bits per heavy atom. The molecule has 0 bridgehead atoms. The number of anilines is 1. The van der Waals surface area contributed by atoms with Crippen LogP contribution in [0.15, 0.2) is 24.5 Å². The quantitative estimate of drug-likeness (QED) is 0.881. The van der Waals surface area contributed by atoms with Gasteiger partial charge in [0.25, 0.3) is 0 Å². The third-order valence-corrected chi connectivity index (χ3v) is 3.50. The fourth-order valence-electron chi connectivity index (χ4n) is 2.33. The summed E-state index contributed by atoms with van der Waals surface area (Å²) in [7, 11) is 0. The van der Waals surface area contributed by atoms with Crippen molar-refractivity contribution >= 4 is 24.0 Å². The number of rotatable bonds is 3. The molecule has 1 fully saturated rings. The lowest BCUT2D eigenvalue weighted by atomic mass is 10.1. The molecule has 1 atom stereocenters. The average molecular weight is 309 g/mol. The normalized spacial score (nSPS) is 17.3. The Morgan fingerprint density at radius 1 is 1.48 bits per heavy atom. The summed E-state index contributed by atoms with van der Waals surface area (Å²) in [5.41, 5.74) is 2.66. The molecule has 0 spiro atoms. The van der Waals surface area contributed by atoms with Crippen LogP contribution in [0.25, 0.3) is 5.69 Å². The van der Waals surface area contributed by atoms with E-state index in [-0.39, 0.29) is 24.2 Å². The molecule has 112 valence electrons. The molecular weight excluding hydrogens is 292 g/mol. The molecule has 0 saturated carbocycles. The molecule has 2 aromatic rings. The maximum Gasteiger partial charge on any atom is 0.228 e. The van der Waals surface area contributed by atoms with Gasteiger partial charge < -0.3 is 10.6 Å². The first-order chi connectivity index (χ1) is 9.74. The van der Waals surface area contributed by atoms with Crippen LogP contribution in [0.3, 0.4) is 0 Å². The van der Waals surface area contributed by atoms with Gasteiger partial charge in [-0.1, -0.05) is 6.07 Å². The molecule has 0 radical (unpaired) electrons. The van der Waals surface area contributed by atoms with Crippen LogP contribution in [0.1, 0.15) is 12.0 Å². The van der Waals surface area contributed by atoms with Crippen LogP contribution in [0, 0.1) is 12.8 Å². The summed E-state index contributed by atoms with van der Waals surface area (Å²) in [6.07, 6.45) is 2.42. The fraction of sp³-hybridized carbons (Fsp3) is 0.385. The largest absolute Gasteiger partial charge is 0.326 e. The molecule has 0 aliphatic carbocycles. The van der Waals surface area contributed by atoms with Gasteiger partial charge in [0.15, 0.2) is 0 Å². The van der Waals surface area contributed by atoms with Gasteiger partial charge in [0.2, 0.25) is 5.91 Å². The van der Waals surface area contributed by atoms with E-state index in [9.17, 15) is 4.79 Å². The molecule has 1 aromatic heterocycles. The fourth-order valence-corrected chi connectivity index (χ4v) is 2.33. The van der Waals surface area contributed by atoms with Crippen molar-refractivity contribution in [2.24, 2.45) is 5.92 Å². The van der Waals surface area contributed by atoms with Gasteiger partial charge in [-0.2, -0.15) is 0 Å². The van der Waals surface area contributed by atoms with Crippen LogP contribution in [-0.2, 0) is 4.79 Å². The standard InChI is InChI=1S/C13H16N6O.ClH/c1-9-2-3-11(6-12(9)19-8-15-17-18-19)16-13(20)10-4-5-14-7-10;/h2-3,6,8,10,14H,4-5,7H2,1H3,(H,16,20);1H. The summed E-state index contributed by atoms with van der Waals surface area (Å²) in [4.78, 5) is 12.1. The predicted molar refractivity (Wildman–Crippen MR) is 80.7 cm³/mol. The highest BCUT2D eigenvalue weighted by Crippen LogP contribution is 2.19. The zero-order valence-electron chi connectivity index (χ0n) is 11.6. The van der Waals surface area contributed by atoms with Crippen LogP contribution in [0.2, 0.25) is 0 Å². The smallest absolute Gasteiger partial charge is 0.228 e. The molecule has 1 aliphatic rings. The summed E-state index contributed by atoms with van der Waals surface area (Å²) >= 11 is 0. The highest BCUT2D eigenvalue weighted by atomic mass is 35.5. The molecule has 1 saturated heterocycles. The molecule has 1 amide bonds. The Morgan fingerprint density at radius 3 is 3.00 bits per heavy atom. The van der Waals surface area contributed by atoms with E-state index in [0.717, 1.165) is 36.4 Å². The second-order valence-electron chi connectivity index (χ2n) is 4.93. The number of hydrogen-bond donors (Lipinski definition) is 2. The van der Waals surface area contributed by atoms with Gasteiger partial charge in [-0.05, 0) is 48.0 Å². The number of halogens is 1. The molecule has 1 aromatic carbocycles. The number of hydrogen-bond acceptors (Lipinski definition) is 5. The van der Waals surface area contributed by atoms with E-state index in [1.54, 1.807) is 4.68 Å².